The zero-order chi connectivity index (χ0) is 27.7. The summed E-state index contributed by atoms with van der Waals surface area (Å²) in [5, 5.41) is 13.7. The van der Waals surface area contributed by atoms with E-state index in [1.807, 2.05) is 51.7 Å². The number of para-hydroxylation sites is 1. The lowest BCUT2D eigenvalue weighted by molar-refractivity contribution is -0.143. The van der Waals surface area contributed by atoms with E-state index in [4.69, 9.17) is 0 Å². The van der Waals surface area contributed by atoms with Gasteiger partial charge >= 0.3 is 5.97 Å². The lowest BCUT2D eigenvalue weighted by atomic mass is 9.76. The van der Waals surface area contributed by atoms with E-state index >= 15 is 0 Å². The molecule has 1 heterocycles. The van der Waals surface area contributed by atoms with Gasteiger partial charge in [0.2, 0.25) is 5.43 Å². The van der Waals surface area contributed by atoms with E-state index in [-0.39, 0.29) is 21.8 Å². The number of nitrogens with one attached hydrogen (secondary N) is 2. The van der Waals surface area contributed by atoms with Gasteiger partial charge < -0.3 is 15.4 Å². The van der Waals surface area contributed by atoms with Crippen LogP contribution in [-0.2, 0) is 15.6 Å². The van der Waals surface area contributed by atoms with Gasteiger partial charge in [0.05, 0.1) is 0 Å². The summed E-state index contributed by atoms with van der Waals surface area (Å²) < 4.78 is 0. The first-order valence-electron chi connectivity index (χ1n) is 12.8. The van der Waals surface area contributed by atoms with E-state index in [1.165, 1.54) is 6.20 Å². The predicted molar refractivity (Wildman–Crippen MR) is 150 cm³/mol. The highest BCUT2D eigenvalue weighted by Crippen LogP contribution is 2.40. The van der Waals surface area contributed by atoms with Gasteiger partial charge in [-0.15, -0.1) is 0 Å². The molecule has 0 aliphatic rings. The van der Waals surface area contributed by atoms with Gasteiger partial charge in [0, 0.05) is 22.8 Å². The molecule has 1 aromatic heterocycles. The van der Waals surface area contributed by atoms with Crippen LogP contribution in [0.25, 0.3) is 10.9 Å². The number of anilines is 1. The van der Waals surface area contributed by atoms with Gasteiger partial charge in [-0.2, -0.15) is 0 Å². The normalized spacial score (nSPS) is 13.1. The number of nitrogens with zero attached hydrogens (tertiary/aromatic N) is 1. The van der Waals surface area contributed by atoms with Crippen molar-refractivity contribution in [1.29, 1.82) is 0 Å². The number of fused-ring (bicyclic) bond motifs is 1. The number of likely N-dealkylation sites (N-methyl/N-ethyl adjacent to an activating group) is 1. The largest absolute Gasteiger partial charge is 0.480 e. The molecule has 0 bridgehead atoms. The summed E-state index contributed by atoms with van der Waals surface area (Å²) in [6, 6.07) is 9.99. The number of H-pyrrole nitrogens is 1. The van der Waals surface area contributed by atoms with Crippen LogP contribution in [0.4, 0.5) is 5.69 Å². The SMILES string of the molecule is CCN(CC)C(C(=O)O)c1cc(NC(=O)c2c[nH]c3ccccc3c2=O)c(C(C)(C)C)cc1C(C)(C)C. The summed E-state index contributed by atoms with van der Waals surface area (Å²) >= 11 is 0. The Hall–Kier alpha value is -3.45. The molecule has 7 heteroatoms. The van der Waals surface area contributed by atoms with Crippen LogP contribution in [0.5, 0.6) is 0 Å². The molecular formula is C30H39N3O4. The van der Waals surface area contributed by atoms with Crippen molar-refractivity contribution in [2.75, 3.05) is 18.4 Å². The molecule has 3 N–H and O–H groups in total. The summed E-state index contributed by atoms with van der Waals surface area (Å²) in [5.41, 5.74) is 2.53. The van der Waals surface area contributed by atoms with Crippen molar-refractivity contribution in [1.82, 2.24) is 9.88 Å². The second-order valence-corrected chi connectivity index (χ2v) is 11.5. The number of carboxylic acids is 1. The number of hydrogen-bond acceptors (Lipinski definition) is 4. The number of hydrogen-bond donors (Lipinski definition) is 3. The van der Waals surface area contributed by atoms with E-state index < -0.39 is 17.9 Å². The van der Waals surface area contributed by atoms with E-state index in [9.17, 15) is 19.5 Å². The van der Waals surface area contributed by atoms with Crippen molar-refractivity contribution in [3.05, 3.63) is 75.1 Å². The molecule has 0 fully saturated rings. The Balaban J connectivity index is 2.25. The van der Waals surface area contributed by atoms with Gasteiger partial charge in [-0.25, -0.2) is 0 Å². The van der Waals surface area contributed by atoms with Crippen LogP contribution >= 0.6 is 0 Å². The number of rotatable bonds is 7. The number of pyridine rings is 1. The van der Waals surface area contributed by atoms with E-state index in [1.54, 1.807) is 24.3 Å². The van der Waals surface area contributed by atoms with Crippen LogP contribution in [0.2, 0.25) is 0 Å². The molecule has 0 spiro atoms. The van der Waals surface area contributed by atoms with Gasteiger partial charge in [-0.1, -0.05) is 73.6 Å². The van der Waals surface area contributed by atoms with Gasteiger partial charge in [-0.3, -0.25) is 19.3 Å². The minimum absolute atomic E-state index is 0.00136. The van der Waals surface area contributed by atoms with Crippen molar-refractivity contribution in [2.24, 2.45) is 0 Å². The second kappa shape index (κ2) is 10.5. The third-order valence-electron chi connectivity index (χ3n) is 6.79. The highest BCUT2D eigenvalue weighted by atomic mass is 16.4. The van der Waals surface area contributed by atoms with Crippen LogP contribution in [0.15, 0.2) is 47.4 Å². The minimum atomic E-state index is -0.944. The van der Waals surface area contributed by atoms with Gasteiger partial charge in [0.25, 0.3) is 5.91 Å². The van der Waals surface area contributed by atoms with Crippen molar-refractivity contribution in [3.8, 4) is 0 Å². The second-order valence-electron chi connectivity index (χ2n) is 11.5. The average Bonchev–Trinajstić information content (AvgIpc) is 2.80. The van der Waals surface area contributed by atoms with Gasteiger partial charge in [0.15, 0.2) is 0 Å². The smallest absolute Gasteiger partial charge is 0.325 e. The summed E-state index contributed by atoms with van der Waals surface area (Å²) in [6.07, 6.45) is 1.43. The Morgan fingerprint density at radius 2 is 1.57 bits per heavy atom. The van der Waals surface area contributed by atoms with Gasteiger partial charge in [-0.05, 0) is 58.8 Å². The molecule has 37 heavy (non-hydrogen) atoms. The van der Waals surface area contributed by atoms with Crippen LogP contribution < -0.4 is 10.7 Å². The Kier molecular flexibility index (Phi) is 7.98. The Morgan fingerprint density at radius 3 is 2.11 bits per heavy atom. The third kappa shape index (κ3) is 5.77. The molecule has 0 aliphatic heterocycles. The lowest BCUT2D eigenvalue weighted by Crippen LogP contribution is -2.36. The van der Waals surface area contributed by atoms with Gasteiger partial charge in [0.1, 0.15) is 11.6 Å². The Labute approximate surface area is 218 Å². The number of carbonyl (C=O) groups excluding carboxylic acids is 1. The first-order valence-corrected chi connectivity index (χ1v) is 12.8. The van der Waals surface area contributed by atoms with Crippen LogP contribution in [0.1, 0.15) is 88.5 Å². The number of aliphatic carboxylic acids is 1. The molecule has 7 nitrogen and oxygen atoms in total. The fraction of sp³-hybridized carbons (Fsp3) is 0.433. The maximum absolute atomic E-state index is 13.4. The predicted octanol–water partition coefficient (Wildman–Crippen LogP) is 5.84. The van der Waals surface area contributed by atoms with E-state index in [2.05, 4.69) is 31.1 Å². The fourth-order valence-corrected chi connectivity index (χ4v) is 4.82. The topological polar surface area (TPSA) is 102 Å². The minimum Gasteiger partial charge on any atom is -0.480 e. The molecule has 3 aromatic rings. The highest BCUT2D eigenvalue weighted by molar-refractivity contribution is 6.06. The summed E-state index contributed by atoms with van der Waals surface area (Å²) in [5.74, 6) is -1.48. The fourth-order valence-electron chi connectivity index (χ4n) is 4.82. The molecule has 0 radical (unpaired) electrons. The van der Waals surface area contributed by atoms with Crippen LogP contribution in [0, 0.1) is 0 Å². The summed E-state index contributed by atoms with van der Waals surface area (Å²) in [7, 11) is 0. The monoisotopic (exact) mass is 505 g/mol. The zero-order valence-corrected chi connectivity index (χ0v) is 23.2. The summed E-state index contributed by atoms with van der Waals surface area (Å²) in [6.45, 7) is 17.3. The standard InChI is InChI=1S/C30H39N3O4/c1-9-33(10-2)25(28(36)37)19-15-24(22(30(6,7)8)16-21(19)29(3,4)5)32-27(35)20-17-31-23-14-12-11-13-18(23)26(20)34/h11-17,25H,9-10H2,1-8H3,(H,31,34)(H,32,35)(H,36,37). The number of carboxylic acid groups (broad SMARTS) is 1. The lowest BCUT2D eigenvalue weighted by Gasteiger charge is -2.34. The highest BCUT2D eigenvalue weighted by Gasteiger charge is 2.34. The maximum Gasteiger partial charge on any atom is 0.325 e. The molecule has 198 valence electrons. The zero-order valence-electron chi connectivity index (χ0n) is 23.2. The third-order valence-corrected chi connectivity index (χ3v) is 6.79. The molecule has 0 saturated heterocycles. The average molecular weight is 506 g/mol. The Bertz CT molecular complexity index is 1370. The van der Waals surface area contributed by atoms with Crippen LogP contribution in [-0.4, -0.2) is 40.0 Å². The maximum atomic E-state index is 13.4. The number of benzene rings is 2. The number of aromatic nitrogens is 1. The number of aromatic amines is 1. The molecule has 1 unspecified atom stereocenters. The van der Waals surface area contributed by atoms with Crippen molar-refractivity contribution in [2.45, 2.75) is 72.3 Å². The molecule has 0 saturated carbocycles. The number of carbonyl (C=O) groups is 2. The van der Waals surface area contributed by atoms with Crippen LogP contribution in [0.3, 0.4) is 0 Å². The number of amides is 1. The molecular weight excluding hydrogens is 466 g/mol. The van der Waals surface area contributed by atoms with E-state index in [0.717, 1.165) is 11.1 Å². The molecule has 1 amide bonds. The quantitative estimate of drug-likeness (QED) is 0.374. The molecule has 1 atom stereocenters. The summed E-state index contributed by atoms with van der Waals surface area (Å²) in [4.78, 5) is 44.0. The van der Waals surface area contributed by atoms with E-state index in [0.29, 0.717) is 35.2 Å². The van der Waals surface area contributed by atoms with Crippen molar-refractivity contribution < 1.29 is 14.7 Å². The van der Waals surface area contributed by atoms with Crippen molar-refractivity contribution >= 4 is 28.5 Å². The molecule has 0 aliphatic carbocycles. The first-order chi connectivity index (χ1) is 17.2. The first kappa shape index (κ1) is 28.1. The van der Waals surface area contributed by atoms with Crippen molar-refractivity contribution in [3.63, 3.8) is 0 Å². The Morgan fingerprint density at radius 1 is 0.973 bits per heavy atom. The molecule has 3 rings (SSSR count). The molecule has 2 aromatic carbocycles.